The summed E-state index contributed by atoms with van der Waals surface area (Å²) in [4.78, 5) is 2.56. The summed E-state index contributed by atoms with van der Waals surface area (Å²) in [5, 5.41) is 4.25. The van der Waals surface area contributed by atoms with E-state index in [4.69, 9.17) is 5.73 Å². The summed E-state index contributed by atoms with van der Waals surface area (Å²) in [5.74, 6) is 0.845. The summed E-state index contributed by atoms with van der Waals surface area (Å²) >= 11 is 0. The van der Waals surface area contributed by atoms with Crippen LogP contribution in [0.15, 0.2) is 12.4 Å². The maximum absolute atomic E-state index is 5.62. The van der Waals surface area contributed by atoms with Crippen LogP contribution in [0.4, 0.5) is 0 Å². The number of nitrogens with zero attached hydrogens (tertiary/aromatic N) is 3. The predicted octanol–water partition coefficient (Wildman–Crippen LogP) is 1.54. The zero-order valence-corrected chi connectivity index (χ0v) is 11.0. The van der Waals surface area contributed by atoms with E-state index in [1.165, 1.54) is 37.9 Å². The SMILES string of the molecule is CC(c1cnn(C)c1)N1CCC(CCN)CC1. The highest BCUT2D eigenvalue weighted by atomic mass is 15.2. The van der Waals surface area contributed by atoms with Crippen LogP contribution < -0.4 is 5.73 Å². The molecule has 1 aliphatic heterocycles. The fourth-order valence-corrected chi connectivity index (χ4v) is 2.73. The molecule has 4 heteroatoms. The Morgan fingerprint density at radius 3 is 2.71 bits per heavy atom. The molecule has 17 heavy (non-hydrogen) atoms. The molecular formula is C13H24N4. The number of rotatable bonds is 4. The number of likely N-dealkylation sites (tertiary alicyclic amines) is 1. The van der Waals surface area contributed by atoms with Crippen LogP contribution in [0.1, 0.15) is 37.8 Å². The van der Waals surface area contributed by atoms with E-state index in [0.717, 1.165) is 12.5 Å². The summed E-state index contributed by atoms with van der Waals surface area (Å²) in [6.45, 7) is 5.50. The molecule has 2 rings (SSSR count). The highest BCUT2D eigenvalue weighted by molar-refractivity contribution is 5.09. The molecule has 1 fully saturated rings. The molecule has 0 saturated carbocycles. The summed E-state index contributed by atoms with van der Waals surface area (Å²) in [5.41, 5.74) is 6.95. The zero-order chi connectivity index (χ0) is 12.3. The fourth-order valence-electron chi connectivity index (χ4n) is 2.73. The molecule has 1 aromatic rings. The van der Waals surface area contributed by atoms with Gasteiger partial charge in [0.15, 0.2) is 0 Å². The van der Waals surface area contributed by atoms with Gasteiger partial charge in [0.25, 0.3) is 0 Å². The van der Waals surface area contributed by atoms with E-state index < -0.39 is 0 Å². The van der Waals surface area contributed by atoms with Gasteiger partial charge in [0, 0.05) is 24.8 Å². The number of piperidine rings is 1. The summed E-state index contributed by atoms with van der Waals surface area (Å²) in [6.07, 6.45) is 7.88. The van der Waals surface area contributed by atoms with E-state index in [-0.39, 0.29) is 0 Å². The normalized spacial score (nSPS) is 20.6. The van der Waals surface area contributed by atoms with Crippen LogP contribution in [-0.2, 0) is 7.05 Å². The van der Waals surface area contributed by atoms with Gasteiger partial charge in [-0.3, -0.25) is 9.58 Å². The molecule has 1 saturated heterocycles. The quantitative estimate of drug-likeness (QED) is 0.862. The molecule has 0 spiro atoms. The summed E-state index contributed by atoms with van der Waals surface area (Å²) in [7, 11) is 1.98. The monoisotopic (exact) mass is 236 g/mol. The van der Waals surface area contributed by atoms with E-state index >= 15 is 0 Å². The highest BCUT2D eigenvalue weighted by Gasteiger charge is 2.23. The number of hydrogen-bond acceptors (Lipinski definition) is 3. The Kier molecular flexibility index (Phi) is 4.18. The van der Waals surface area contributed by atoms with E-state index in [1.54, 1.807) is 0 Å². The average Bonchev–Trinajstić information content (AvgIpc) is 2.76. The minimum absolute atomic E-state index is 0.488. The molecule has 2 heterocycles. The molecule has 2 N–H and O–H groups in total. The van der Waals surface area contributed by atoms with Gasteiger partial charge in [-0.1, -0.05) is 0 Å². The lowest BCUT2D eigenvalue weighted by Crippen LogP contribution is -2.36. The Bertz CT molecular complexity index is 339. The van der Waals surface area contributed by atoms with Crippen molar-refractivity contribution in [1.29, 1.82) is 0 Å². The molecule has 0 bridgehead atoms. The van der Waals surface area contributed by atoms with Crippen LogP contribution >= 0.6 is 0 Å². The molecule has 4 nitrogen and oxygen atoms in total. The van der Waals surface area contributed by atoms with Crippen molar-refractivity contribution in [3.63, 3.8) is 0 Å². The smallest absolute Gasteiger partial charge is 0.0537 e. The second-order valence-corrected chi connectivity index (χ2v) is 5.18. The van der Waals surface area contributed by atoms with Crippen molar-refractivity contribution in [3.8, 4) is 0 Å². The first-order chi connectivity index (χ1) is 8.20. The summed E-state index contributed by atoms with van der Waals surface area (Å²) < 4.78 is 1.88. The highest BCUT2D eigenvalue weighted by Crippen LogP contribution is 2.27. The number of aryl methyl sites for hydroxylation is 1. The average molecular weight is 236 g/mol. The van der Waals surface area contributed by atoms with Gasteiger partial charge in [0.1, 0.15) is 0 Å². The van der Waals surface area contributed by atoms with Gasteiger partial charge < -0.3 is 5.73 Å². The van der Waals surface area contributed by atoms with Crippen molar-refractivity contribution in [1.82, 2.24) is 14.7 Å². The molecule has 1 aliphatic rings. The molecule has 1 unspecified atom stereocenters. The third kappa shape index (κ3) is 3.07. The standard InChI is InChI=1S/C13H24N4/c1-11(13-9-15-16(2)10-13)17-7-4-12(3-6-14)5-8-17/h9-12H,3-8,14H2,1-2H3. The molecule has 1 atom stereocenters. The minimum Gasteiger partial charge on any atom is -0.330 e. The Labute approximate surface area is 104 Å². The number of aromatic nitrogens is 2. The Morgan fingerprint density at radius 1 is 1.47 bits per heavy atom. The lowest BCUT2D eigenvalue weighted by Gasteiger charge is -2.35. The first-order valence-electron chi connectivity index (χ1n) is 6.63. The third-order valence-electron chi connectivity index (χ3n) is 3.98. The fraction of sp³-hybridized carbons (Fsp3) is 0.769. The number of hydrogen-bond donors (Lipinski definition) is 1. The minimum atomic E-state index is 0.488. The van der Waals surface area contributed by atoms with Crippen LogP contribution in [0.2, 0.25) is 0 Å². The third-order valence-corrected chi connectivity index (χ3v) is 3.98. The Hall–Kier alpha value is -0.870. The second kappa shape index (κ2) is 5.65. The molecule has 1 aromatic heterocycles. The topological polar surface area (TPSA) is 47.1 Å². The largest absolute Gasteiger partial charge is 0.330 e. The van der Waals surface area contributed by atoms with Gasteiger partial charge in [-0.15, -0.1) is 0 Å². The van der Waals surface area contributed by atoms with E-state index in [9.17, 15) is 0 Å². The van der Waals surface area contributed by atoms with Gasteiger partial charge in [0.2, 0.25) is 0 Å². The zero-order valence-electron chi connectivity index (χ0n) is 11.0. The first kappa shape index (κ1) is 12.6. The van der Waals surface area contributed by atoms with Crippen molar-refractivity contribution in [2.75, 3.05) is 19.6 Å². The van der Waals surface area contributed by atoms with Crippen molar-refractivity contribution >= 4 is 0 Å². The summed E-state index contributed by atoms with van der Waals surface area (Å²) in [6, 6.07) is 0.488. The van der Waals surface area contributed by atoms with Gasteiger partial charge in [0.05, 0.1) is 6.20 Å². The molecule has 96 valence electrons. The lowest BCUT2D eigenvalue weighted by molar-refractivity contribution is 0.138. The van der Waals surface area contributed by atoms with Crippen LogP contribution in [0.5, 0.6) is 0 Å². The molecular weight excluding hydrogens is 212 g/mol. The van der Waals surface area contributed by atoms with Crippen molar-refractivity contribution in [2.24, 2.45) is 18.7 Å². The second-order valence-electron chi connectivity index (χ2n) is 5.18. The van der Waals surface area contributed by atoms with Crippen LogP contribution in [0.25, 0.3) is 0 Å². The van der Waals surface area contributed by atoms with Gasteiger partial charge in [-0.05, 0) is 51.7 Å². The molecule has 0 aromatic carbocycles. The van der Waals surface area contributed by atoms with Crippen LogP contribution in [0, 0.1) is 5.92 Å². The lowest BCUT2D eigenvalue weighted by atomic mass is 9.92. The molecule has 0 amide bonds. The van der Waals surface area contributed by atoms with E-state index in [2.05, 4.69) is 23.1 Å². The van der Waals surface area contributed by atoms with Crippen molar-refractivity contribution in [2.45, 2.75) is 32.2 Å². The maximum atomic E-state index is 5.62. The van der Waals surface area contributed by atoms with E-state index in [1.807, 2.05) is 17.9 Å². The Morgan fingerprint density at radius 2 is 2.18 bits per heavy atom. The maximum Gasteiger partial charge on any atom is 0.0537 e. The van der Waals surface area contributed by atoms with Crippen molar-refractivity contribution < 1.29 is 0 Å². The van der Waals surface area contributed by atoms with Crippen LogP contribution in [-0.4, -0.2) is 34.3 Å². The number of nitrogens with two attached hydrogens (primary N) is 1. The Balaban J connectivity index is 1.88. The van der Waals surface area contributed by atoms with Gasteiger partial charge in [-0.25, -0.2) is 0 Å². The van der Waals surface area contributed by atoms with Gasteiger partial charge in [-0.2, -0.15) is 5.10 Å². The molecule has 0 radical (unpaired) electrons. The van der Waals surface area contributed by atoms with E-state index in [0.29, 0.717) is 6.04 Å². The first-order valence-corrected chi connectivity index (χ1v) is 6.63. The van der Waals surface area contributed by atoms with Crippen LogP contribution in [0.3, 0.4) is 0 Å². The van der Waals surface area contributed by atoms with Gasteiger partial charge >= 0.3 is 0 Å². The predicted molar refractivity (Wildman–Crippen MR) is 69.6 cm³/mol. The van der Waals surface area contributed by atoms with Crippen molar-refractivity contribution in [3.05, 3.63) is 18.0 Å². The molecule has 0 aliphatic carbocycles.